The van der Waals surface area contributed by atoms with Gasteiger partial charge in [0, 0.05) is 17.9 Å². The van der Waals surface area contributed by atoms with Gasteiger partial charge in [-0.15, -0.1) is 0 Å². The van der Waals surface area contributed by atoms with Crippen LogP contribution >= 0.6 is 15.9 Å². The molecular weight excluding hydrogens is 399 g/mol. The second-order valence-corrected chi connectivity index (χ2v) is 7.11. The Labute approximate surface area is 161 Å². The molecule has 138 valence electrons. The number of carbonyl (C=O) groups is 2. The Bertz CT molecular complexity index is 765. The van der Waals surface area contributed by atoms with E-state index in [1.165, 1.54) is 35.7 Å². The number of primary amides is 1. The number of unbranched alkanes of at least 4 members (excludes halogenated alkanes) is 1. The zero-order valence-electron chi connectivity index (χ0n) is 14.6. The molecule has 1 atom stereocenters. The van der Waals surface area contributed by atoms with Crippen molar-refractivity contribution in [3.63, 3.8) is 0 Å². The molecule has 0 aliphatic heterocycles. The molecule has 0 radical (unpaired) electrons. The first-order valence-corrected chi connectivity index (χ1v) is 9.22. The lowest BCUT2D eigenvalue weighted by molar-refractivity contribution is -0.138. The van der Waals surface area contributed by atoms with Crippen LogP contribution in [-0.4, -0.2) is 23.8 Å². The maximum absolute atomic E-state index is 13.4. The molecule has 6 heteroatoms. The molecule has 0 saturated carbocycles. The van der Waals surface area contributed by atoms with Crippen LogP contribution in [0.1, 0.15) is 36.4 Å². The molecular formula is C20H22BrFN2O2. The van der Waals surface area contributed by atoms with Gasteiger partial charge in [-0.3, -0.25) is 9.59 Å². The molecule has 0 fully saturated rings. The normalized spacial score (nSPS) is 11.8. The predicted molar refractivity (Wildman–Crippen MR) is 103 cm³/mol. The van der Waals surface area contributed by atoms with Gasteiger partial charge in [0.15, 0.2) is 0 Å². The molecule has 0 saturated heterocycles. The molecule has 26 heavy (non-hydrogen) atoms. The predicted octanol–water partition coefficient (Wildman–Crippen LogP) is 3.99. The Morgan fingerprint density at radius 3 is 2.46 bits per heavy atom. The fourth-order valence-corrected chi connectivity index (χ4v) is 3.10. The van der Waals surface area contributed by atoms with E-state index in [-0.39, 0.29) is 5.91 Å². The second kappa shape index (κ2) is 9.48. The molecule has 0 aromatic heterocycles. The van der Waals surface area contributed by atoms with Gasteiger partial charge in [0.1, 0.15) is 11.9 Å². The SMILES string of the molecule is CN(C(=O)CCCCc1ccc(Br)cc1)C(C(N)=O)c1cccc(F)c1. The Kier molecular flexibility index (Phi) is 7.33. The summed E-state index contributed by atoms with van der Waals surface area (Å²) in [5, 5.41) is 0. The van der Waals surface area contributed by atoms with Crippen LogP contribution in [0.25, 0.3) is 0 Å². The zero-order chi connectivity index (χ0) is 19.1. The quantitative estimate of drug-likeness (QED) is 0.656. The summed E-state index contributed by atoms with van der Waals surface area (Å²) in [4.78, 5) is 25.5. The lowest BCUT2D eigenvalue weighted by Gasteiger charge is -2.26. The number of halogens is 2. The number of nitrogens with two attached hydrogens (primary N) is 1. The molecule has 0 heterocycles. The summed E-state index contributed by atoms with van der Waals surface area (Å²) in [5.41, 5.74) is 7.03. The van der Waals surface area contributed by atoms with Crippen molar-refractivity contribution in [2.75, 3.05) is 7.05 Å². The number of hydrogen-bond donors (Lipinski definition) is 1. The van der Waals surface area contributed by atoms with Crippen molar-refractivity contribution in [2.24, 2.45) is 5.73 Å². The number of amides is 2. The van der Waals surface area contributed by atoms with Crippen molar-refractivity contribution in [3.05, 3.63) is 69.9 Å². The number of hydrogen-bond acceptors (Lipinski definition) is 2. The lowest BCUT2D eigenvalue weighted by Crippen LogP contribution is -2.39. The van der Waals surface area contributed by atoms with E-state index in [4.69, 9.17) is 5.73 Å². The summed E-state index contributed by atoms with van der Waals surface area (Å²) >= 11 is 3.40. The first kappa shape index (κ1) is 20.1. The van der Waals surface area contributed by atoms with Crippen LogP contribution in [0, 0.1) is 5.82 Å². The number of rotatable bonds is 8. The standard InChI is InChI=1S/C20H22BrFN2O2/c1-24(19(20(23)26)15-6-4-7-17(22)13-15)18(25)8-3-2-5-14-9-11-16(21)12-10-14/h4,6-7,9-13,19H,2-3,5,8H2,1H3,(H2,23,26). The zero-order valence-corrected chi connectivity index (χ0v) is 16.2. The fraction of sp³-hybridized carbons (Fsp3) is 0.300. The Morgan fingerprint density at radius 2 is 1.85 bits per heavy atom. The Morgan fingerprint density at radius 1 is 1.15 bits per heavy atom. The van der Waals surface area contributed by atoms with E-state index in [9.17, 15) is 14.0 Å². The maximum atomic E-state index is 13.4. The fourth-order valence-electron chi connectivity index (χ4n) is 2.83. The monoisotopic (exact) mass is 420 g/mol. The lowest BCUT2D eigenvalue weighted by atomic mass is 10.0. The van der Waals surface area contributed by atoms with Crippen LogP contribution < -0.4 is 5.73 Å². The highest BCUT2D eigenvalue weighted by Gasteiger charge is 2.26. The van der Waals surface area contributed by atoms with E-state index in [1.54, 1.807) is 6.07 Å². The van der Waals surface area contributed by atoms with Gasteiger partial charge < -0.3 is 10.6 Å². The minimum absolute atomic E-state index is 0.186. The number of carbonyl (C=O) groups excluding carboxylic acids is 2. The molecule has 4 nitrogen and oxygen atoms in total. The van der Waals surface area contributed by atoms with Crippen molar-refractivity contribution in [1.29, 1.82) is 0 Å². The first-order chi connectivity index (χ1) is 12.4. The number of aryl methyl sites for hydroxylation is 1. The Hall–Kier alpha value is -2.21. The topological polar surface area (TPSA) is 63.4 Å². The minimum Gasteiger partial charge on any atom is -0.368 e. The molecule has 0 aliphatic carbocycles. The van der Waals surface area contributed by atoms with Gasteiger partial charge in [-0.1, -0.05) is 40.2 Å². The molecule has 1 unspecified atom stereocenters. The summed E-state index contributed by atoms with van der Waals surface area (Å²) in [7, 11) is 1.53. The molecule has 2 amide bonds. The highest BCUT2D eigenvalue weighted by molar-refractivity contribution is 9.10. The number of benzene rings is 2. The van der Waals surface area contributed by atoms with Gasteiger partial charge in [0.2, 0.25) is 11.8 Å². The summed E-state index contributed by atoms with van der Waals surface area (Å²) in [5.74, 6) is -1.33. The van der Waals surface area contributed by atoms with Crippen molar-refractivity contribution < 1.29 is 14.0 Å². The summed E-state index contributed by atoms with van der Waals surface area (Å²) < 4.78 is 14.5. The van der Waals surface area contributed by atoms with Crippen LogP contribution in [0.5, 0.6) is 0 Å². The van der Waals surface area contributed by atoms with E-state index >= 15 is 0 Å². The molecule has 2 rings (SSSR count). The van der Waals surface area contributed by atoms with E-state index in [0.29, 0.717) is 18.4 Å². The molecule has 2 aromatic rings. The van der Waals surface area contributed by atoms with Gasteiger partial charge >= 0.3 is 0 Å². The average molecular weight is 421 g/mol. The molecule has 2 aromatic carbocycles. The number of likely N-dealkylation sites (N-methyl/N-ethyl adjacent to an activating group) is 1. The Balaban J connectivity index is 1.90. The van der Waals surface area contributed by atoms with E-state index in [1.807, 2.05) is 24.3 Å². The van der Waals surface area contributed by atoms with Crippen molar-refractivity contribution in [2.45, 2.75) is 31.7 Å². The van der Waals surface area contributed by atoms with Crippen molar-refractivity contribution in [3.8, 4) is 0 Å². The van der Waals surface area contributed by atoms with E-state index < -0.39 is 17.8 Å². The third-order valence-corrected chi connectivity index (χ3v) is 4.76. The van der Waals surface area contributed by atoms with Gasteiger partial charge in [0.25, 0.3) is 0 Å². The molecule has 0 spiro atoms. The average Bonchev–Trinajstić information content (AvgIpc) is 2.60. The van der Waals surface area contributed by atoms with E-state index in [2.05, 4.69) is 15.9 Å². The smallest absolute Gasteiger partial charge is 0.244 e. The van der Waals surface area contributed by atoms with Crippen molar-refractivity contribution >= 4 is 27.7 Å². The van der Waals surface area contributed by atoms with Gasteiger partial charge in [-0.05, 0) is 54.7 Å². The molecule has 2 N–H and O–H groups in total. The second-order valence-electron chi connectivity index (χ2n) is 6.20. The molecule has 0 bridgehead atoms. The van der Waals surface area contributed by atoms with Gasteiger partial charge in [0.05, 0.1) is 0 Å². The third-order valence-electron chi connectivity index (χ3n) is 4.23. The van der Waals surface area contributed by atoms with Crippen LogP contribution in [0.15, 0.2) is 53.0 Å². The van der Waals surface area contributed by atoms with Crippen LogP contribution in [0.3, 0.4) is 0 Å². The summed E-state index contributed by atoms with van der Waals surface area (Å²) in [6.45, 7) is 0. The highest BCUT2D eigenvalue weighted by Crippen LogP contribution is 2.21. The van der Waals surface area contributed by atoms with Crippen LogP contribution in [0.2, 0.25) is 0 Å². The van der Waals surface area contributed by atoms with E-state index in [0.717, 1.165) is 17.3 Å². The largest absolute Gasteiger partial charge is 0.368 e. The van der Waals surface area contributed by atoms with Crippen LogP contribution in [-0.2, 0) is 16.0 Å². The van der Waals surface area contributed by atoms with Crippen LogP contribution in [0.4, 0.5) is 4.39 Å². The minimum atomic E-state index is -0.968. The summed E-state index contributed by atoms with van der Waals surface area (Å²) in [6, 6.07) is 12.7. The first-order valence-electron chi connectivity index (χ1n) is 8.43. The van der Waals surface area contributed by atoms with Gasteiger partial charge in [-0.2, -0.15) is 0 Å². The highest BCUT2D eigenvalue weighted by atomic mass is 79.9. The molecule has 0 aliphatic rings. The van der Waals surface area contributed by atoms with Crippen molar-refractivity contribution in [1.82, 2.24) is 4.90 Å². The number of nitrogens with zero attached hydrogens (tertiary/aromatic N) is 1. The maximum Gasteiger partial charge on any atom is 0.244 e. The summed E-state index contributed by atoms with van der Waals surface area (Å²) in [6.07, 6.45) is 2.76. The third kappa shape index (κ3) is 5.66. The van der Waals surface area contributed by atoms with Gasteiger partial charge in [-0.25, -0.2) is 4.39 Å².